The summed E-state index contributed by atoms with van der Waals surface area (Å²) in [6.07, 6.45) is 0. The van der Waals surface area contributed by atoms with Crippen LogP contribution in [0.2, 0.25) is 0 Å². The molecule has 0 aliphatic carbocycles. The normalized spacial score (nSPS) is 14.6. The summed E-state index contributed by atoms with van der Waals surface area (Å²) in [6.45, 7) is 1.99. The van der Waals surface area contributed by atoms with E-state index in [1.807, 2.05) is 0 Å². The van der Waals surface area contributed by atoms with E-state index < -0.39 is 5.76 Å². The third kappa shape index (κ3) is 4.33. The Hall–Kier alpha value is 0.170. The lowest BCUT2D eigenvalue weighted by Crippen LogP contribution is -2.13. The summed E-state index contributed by atoms with van der Waals surface area (Å²) < 4.78 is 22.8. The van der Waals surface area contributed by atoms with Crippen LogP contribution in [0.1, 0.15) is 6.92 Å². The standard InChI is InChI=1S/C4H9F2NS/c1-3(2-7)8-4(5)6/h3-4H,2,7H2,1H3. The van der Waals surface area contributed by atoms with E-state index in [-0.39, 0.29) is 5.25 Å². The van der Waals surface area contributed by atoms with Gasteiger partial charge in [0.15, 0.2) is 0 Å². The fourth-order valence-corrected chi connectivity index (χ4v) is 0.693. The summed E-state index contributed by atoms with van der Waals surface area (Å²) in [5.74, 6) is -2.28. The van der Waals surface area contributed by atoms with Gasteiger partial charge >= 0.3 is 0 Å². The molecule has 4 heteroatoms. The van der Waals surface area contributed by atoms with E-state index in [9.17, 15) is 8.78 Å². The predicted octanol–water partition coefficient (Wildman–Crippen LogP) is 1.29. The van der Waals surface area contributed by atoms with Crippen molar-refractivity contribution in [2.24, 2.45) is 5.73 Å². The van der Waals surface area contributed by atoms with Crippen molar-refractivity contribution in [1.29, 1.82) is 0 Å². The summed E-state index contributed by atoms with van der Waals surface area (Å²) in [5.41, 5.74) is 5.07. The van der Waals surface area contributed by atoms with Gasteiger partial charge in [-0.3, -0.25) is 0 Å². The summed E-state index contributed by atoms with van der Waals surface area (Å²) in [7, 11) is 0. The average molecular weight is 141 g/mol. The Labute approximate surface area is 51.6 Å². The Morgan fingerprint density at radius 2 is 2.12 bits per heavy atom. The van der Waals surface area contributed by atoms with E-state index in [0.29, 0.717) is 18.3 Å². The largest absolute Gasteiger partial charge is 0.329 e. The number of hydrogen-bond acceptors (Lipinski definition) is 2. The highest BCUT2D eigenvalue weighted by atomic mass is 32.2. The van der Waals surface area contributed by atoms with Gasteiger partial charge in [-0.1, -0.05) is 18.7 Å². The van der Waals surface area contributed by atoms with Crippen LogP contribution in [0.5, 0.6) is 0 Å². The second-order valence-corrected chi connectivity index (χ2v) is 2.88. The topological polar surface area (TPSA) is 26.0 Å². The maximum Gasteiger partial charge on any atom is 0.284 e. The van der Waals surface area contributed by atoms with Crippen LogP contribution in [0.15, 0.2) is 0 Å². The van der Waals surface area contributed by atoms with Gasteiger partial charge in [-0.25, -0.2) is 0 Å². The summed E-state index contributed by atoms with van der Waals surface area (Å²) >= 11 is 0.596. The molecule has 8 heavy (non-hydrogen) atoms. The molecule has 50 valence electrons. The zero-order valence-electron chi connectivity index (χ0n) is 4.60. The molecule has 1 atom stereocenters. The van der Waals surface area contributed by atoms with Crippen molar-refractivity contribution < 1.29 is 8.78 Å². The molecule has 0 aliphatic rings. The quantitative estimate of drug-likeness (QED) is 0.641. The second-order valence-electron chi connectivity index (χ2n) is 1.44. The minimum absolute atomic E-state index is 0.130. The van der Waals surface area contributed by atoms with Crippen molar-refractivity contribution >= 4 is 11.8 Å². The Balaban J connectivity index is 3.10. The maximum atomic E-state index is 11.4. The number of halogens is 2. The molecule has 0 spiro atoms. The number of hydrogen-bond donors (Lipinski definition) is 1. The van der Waals surface area contributed by atoms with Crippen molar-refractivity contribution in [3.63, 3.8) is 0 Å². The van der Waals surface area contributed by atoms with Gasteiger partial charge in [-0.2, -0.15) is 8.78 Å². The van der Waals surface area contributed by atoms with Crippen LogP contribution in [0.25, 0.3) is 0 Å². The van der Waals surface area contributed by atoms with Crippen molar-refractivity contribution in [2.45, 2.75) is 17.9 Å². The van der Waals surface area contributed by atoms with Gasteiger partial charge in [0.2, 0.25) is 0 Å². The smallest absolute Gasteiger partial charge is 0.284 e. The first-order valence-electron chi connectivity index (χ1n) is 2.30. The van der Waals surface area contributed by atoms with Crippen LogP contribution in [0, 0.1) is 0 Å². The molecule has 0 radical (unpaired) electrons. The molecule has 0 aromatic carbocycles. The minimum atomic E-state index is -2.28. The summed E-state index contributed by atoms with van der Waals surface area (Å²) in [4.78, 5) is 0. The minimum Gasteiger partial charge on any atom is -0.329 e. The van der Waals surface area contributed by atoms with Crippen LogP contribution in [-0.4, -0.2) is 17.6 Å². The molecule has 0 saturated heterocycles. The van der Waals surface area contributed by atoms with Gasteiger partial charge in [-0.15, -0.1) is 0 Å². The molecular formula is C4H9F2NS. The van der Waals surface area contributed by atoms with E-state index in [4.69, 9.17) is 5.73 Å². The molecule has 2 N–H and O–H groups in total. The Morgan fingerprint density at radius 1 is 1.62 bits per heavy atom. The van der Waals surface area contributed by atoms with Gasteiger partial charge < -0.3 is 5.73 Å². The van der Waals surface area contributed by atoms with E-state index >= 15 is 0 Å². The molecule has 1 nitrogen and oxygen atoms in total. The van der Waals surface area contributed by atoms with Crippen molar-refractivity contribution in [3.8, 4) is 0 Å². The van der Waals surface area contributed by atoms with Crippen LogP contribution in [0.3, 0.4) is 0 Å². The fraction of sp³-hybridized carbons (Fsp3) is 1.00. The molecule has 0 amide bonds. The number of rotatable bonds is 3. The first-order valence-corrected chi connectivity index (χ1v) is 3.24. The number of nitrogens with two attached hydrogens (primary N) is 1. The molecule has 1 unspecified atom stereocenters. The molecule has 0 aliphatic heterocycles. The highest BCUT2D eigenvalue weighted by Gasteiger charge is 2.07. The molecule has 0 aromatic rings. The predicted molar refractivity (Wildman–Crippen MR) is 32.1 cm³/mol. The van der Waals surface area contributed by atoms with Crippen molar-refractivity contribution in [1.82, 2.24) is 0 Å². The molecule has 0 fully saturated rings. The Kier molecular flexibility index (Phi) is 4.18. The number of thioether (sulfide) groups is 1. The third-order valence-corrected chi connectivity index (χ3v) is 1.53. The average Bonchev–Trinajstić information content (AvgIpc) is 1.65. The fourth-order valence-electron chi connectivity index (χ4n) is 0.231. The van der Waals surface area contributed by atoms with Crippen LogP contribution < -0.4 is 5.73 Å². The Bertz CT molecular complexity index is 60.0. The van der Waals surface area contributed by atoms with Gasteiger partial charge in [-0.05, 0) is 0 Å². The third-order valence-electron chi connectivity index (χ3n) is 0.667. The number of alkyl halides is 2. The molecule has 0 bridgehead atoms. The van der Waals surface area contributed by atoms with Crippen molar-refractivity contribution in [2.75, 3.05) is 6.54 Å². The van der Waals surface area contributed by atoms with Crippen LogP contribution >= 0.6 is 11.8 Å². The first-order chi connectivity index (χ1) is 3.66. The van der Waals surface area contributed by atoms with E-state index in [2.05, 4.69) is 0 Å². The molecule has 0 rings (SSSR count). The first kappa shape index (κ1) is 8.17. The molecule has 0 heterocycles. The molecular weight excluding hydrogens is 132 g/mol. The van der Waals surface area contributed by atoms with E-state index in [1.165, 1.54) is 0 Å². The SMILES string of the molecule is CC(CN)SC(F)F. The lowest BCUT2D eigenvalue weighted by molar-refractivity contribution is 0.251. The van der Waals surface area contributed by atoms with Gasteiger partial charge in [0.1, 0.15) is 0 Å². The molecule has 0 aromatic heterocycles. The Morgan fingerprint density at radius 3 is 2.25 bits per heavy atom. The second kappa shape index (κ2) is 4.09. The van der Waals surface area contributed by atoms with Gasteiger partial charge in [0.25, 0.3) is 5.76 Å². The van der Waals surface area contributed by atoms with Crippen LogP contribution in [-0.2, 0) is 0 Å². The monoisotopic (exact) mass is 141 g/mol. The highest BCUT2D eigenvalue weighted by Crippen LogP contribution is 2.18. The molecule has 0 saturated carbocycles. The lowest BCUT2D eigenvalue weighted by Gasteiger charge is -2.04. The summed E-state index contributed by atoms with van der Waals surface area (Å²) in [6, 6.07) is 0. The van der Waals surface area contributed by atoms with Crippen LogP contribution in [0.4, 0.5) is 8.78 Å². The van der Waals surface area contributed by atoms with Gasteiger partial charge in [0.05, 0.1) is 0 Å². The highest BCUT2D eigenvalue weighted by molar-refractivity contribution is 8.00. The lowest BCUT2D eigenvalue weighted by atomic mass is 10.5. The van der Waals surface area contributed by atoms with Crippen molar-refractivity contribution in [3.05, 3.63) is 0 Å². The zero-order chi connectivity index (χ0) is 6.57. The maximum absolute atomic E-state index is 11.4. The van der Waals surface area contributed by atoms with E-state index in [1.54, 1.807) is 6.92 Å². The van der Waals surface area contributed by atoms with E-state index in [0.717, 1.165) is 0 Å². The zero-order valence-corrected chi connectivity index (χ0v) is 5.42. The summed E-state index contributed by atoms with van der Waals surface area (Å²) in [5, 5.41) is -0.130. The van der Waals surface area contributed by atoms with Gasteiger partial charge in [0, 0.05) is 11.8 Å².